The maximum Gasteiger partial charge on any atom is 0.342 e. The molecule has 98 valence electrons. The predicted molar refractivity (Wildman–Crippen MR) is 71.5 cm³/mol. The van der Waals surface area contributed by atoms with Gasteiger partial charge in [0.1, 0.15) is 10.7 Å². The number of H-pyrrole nitrogens is 1. The smallest absolute Gasteiger partial charge is 0.342 e. The Bertz CT molecular complexity index is 595. The SMILES string of the molecule is CCc1nc(S/C(=C\c2cccnc2)C(=O)O)n[nH]1. The van der Waals surface area contributed by atoms with Crippen LogP contribution in [0, 0.1) is 0 Å². The van der Waals surface area contributed by atoms with Crippen LogP contribution in [0.5, 0.6) is 0 Å². The molecule has 0 aliphatic heterocycles. The normalized spacial score (nSPS) is 11.5. The molecule has 0 bridgehead atoms. The number of carbonyl (C=O) groups is 1. The summed E-state index contributed by atoms with van der Waals surface area (Å²) >= 11 is 1.01. The van der Waals surface area contributed by atoms with Crippen molar-refractivity contribution in [3.05, 3.63) is 40.8 Å². The maximum atomic E-state index is 11.2. The summed E-state index contributed by atoms with van der Waals surface area (Å²) in [6.07, 6.45) is 5.50. The monoisotopic (exact) mass is 276 g/mol. The van der Waals surface area contributed by atoms with Gasteiger partial charge in [-0.1, -0.05) is 13.0 Å². The third-order valence-corrected chi connectivity index (χ3v) is 3.12. The number of aromatic amines is 1. The second-order valence-corrected chi connectivity index (χ2v) is 4.63. The molecule has 0 atom stereocenters. The largest absolute Gasteiger partial charge is 0.477 e. The van der Waals surface area contributed by atoms with Gasteiger partial charge in [-0.2, -0.15) is 0 Å². The molecule has 0 saturated carbocycles. The maximum absolute atomic E-state index is 11.2. The lowest BCUT2D eigenvalue weighted by Crippen LogP contribution is -1.97. The van der Waals surface area contributed by atoms with Gasteiger partial charge >= 0.3 is 5.97 Å². The van der Waals surface area contributed by atoms with Crippen LogP contribution >= 0.6 is 11.8 Å². The van der Waals surface area contributed by atoms with E-state index in [1.54, 1.807) is 30.6 Å². The third kappa shape index (κ3) is 3.65. The highest BCUT2D eigenvalue weighted by atomic mass is 32.2. The molecule has 0 aliphatic rings. The van der Waals surface area contributed by atoms with Crippen molar-refractivity contribution < 1.29 is 9.90 Å². The Morgan fingerprint density at radius 2 is 2.42 bits per heavy atom. The van der Waals surface area contributed by atoms with Crippen LogP contribution in [0.2, 0.25) is 0 Å². The molecule has 0 saturated heterocycles. The lowest BCUT2D eigenvalue weighted by Gasteiger charge is -1.98. The average molecular weight is 276 g/mol. The fourth-order valence-corrected chi connectivity index (χ4v) is 2.05. The summed E-state index contributed by atoms with van der Waals surface area (Å²) in [5, 5.41) is 16.3. The van der Waals surface area contributed by atoms with E-state index in [0.29, 0.717) is 5.16 Å². The first-order chi connectivity index (χ1) is 9.19. The number of pyridine rings is 1. The number of nitrogens with one attached hydrogen (secondary N) is 1. The average Bonchev–Trinajstić information content (AvgIpc) is 2.87. The summed E-state index contributed by atoms with van der Waals surface area (Å²) < 4.78 is 0. The Morgan fingerprint density at radius 3 is 3.00 bits per heavy atom. The Balaban J connectivity index is 2.21. The lowest BCUT2D eigenvalue weighted by molar-refractivity contribution is -0.131. The Hall–Kier alpha value is -2.15. The van der Waals surface area contributed by atoms with E-state index < -0.39 is 5.97 Å². The molecule has 0 radical (unpaired) electrons. The van der Waals surface area contributed by atoms with Gasteiger partial charge in [0.15, 0.2) is 0 Å². The molecule has 2 rings (SSSR count). The molecule has 0 unspecified atom stereocenters. The summed E-state index contributed by atoms with van der Waals surface area (Å²) in [7, 11) is 0. The molecular formula is C12H12N4O2S. The van der Waals surface area contributed by atoms with Crippen molar-refractivity contribution in [1.29, 1.82) is 0 Å². The van der Waals surface area contributed by atoms with E-state index >= 15 is 0 Å². The van der Waals surface area contributed by atoms with Crippen molar-refractivity contribution in [2.75, 3.05) is 0 Å². The number of aliphatic carboxylic acids is 1. The van der Waals surface area contributed by atoms with Crippen LogP contribution in [-0.2, 0) is 11.2 Å². The third-order valence-electron chi connectivity index (χ3n) is 2.24. The van der Waals surface area contributed by atoms with Gasteiger partial charge in [0, 0.05) is 18.8 Å². The minimum atomic E-state index is -1.02. The van der Waals surface area contributed by atoms with Crippen molar-refractivity contribution in [2.45, 2.75) is 18.5 Å². The van der Waals surface area contributed by atoms with Crippen LogP contribution < -0.4 is 0 Å². The summed E-state index contributed by atoms with van der Waals surface area (Å²) in [5.41, 5.74) is 0.721. The Labute approximate surface area is 114 Å². The van der Waals surface area contributed by atoms with Crippen LogP contribution in [0.3, 0.4) is 0 Å². The number of hydrogen-bond acceptors (Lipinski definition) is 5. The Kier molecular flexibility index (Phi) is 4.30. The number of aromatic nitrogens is 4. The molecule has 6 nitrogen and oxygen atoms in total. The molecule has 0 amide bonds. The molecule has 0 aliphatic carbocycles. The predicted octanol–water partition coefficient (Wildman–Crippen LogP) is 1.98. The van der Waals surface area contributed by atoms with Crippen LogP contribution in [0.15, 0.2) is 34.6 Å². The zero-order valence-corrected chi connectivity index (χ0v) is 11.0. The quantitative estimate of drug-likeness (QED) is 0.641. The van der Waals surface area contributed by atoms with E-state index in [-0.39, 0.29) is 4.91 Å². The summed E-state index contributed by atoms with van der Waals surface area (Å²) in [4.78, 5) is 19.5. The number of nitrogens with zero attached hydrogens (tertiary/aromatic N) is 3. The molecule has 2 N–H and O–H groups in total. The number of thioether (sulfide) groups is 1. The van der Waals surface area contributed by atoms with Gasteiger partial charge in [0.25, 0.3) is 0 Å². The Morgan fingerprint density at radius 1 is 1.58 bits per heavy atom. The number of rotatable bonds is 5. The van der Waals surface area contributed by atoms with Crippen molar-refractivity contribution in [2.24, 2.45) is 0 Å². The van der Waals surface area contributed by atoms with Gasteiger partial charge in [-0.15, -0.1) is 5.10 Å². The first-order valence-corrected chi connectivity index (χ1v) is 6.45. The van der Waals surface area contributed by atoms with Gasteiger partial charge in [0.2, 0.25) is 5.16 Å². The van der Waals surface area contributed by atoms with E-state index in [1.807, 2.05) is 6.92 Å². The highest BCUT2D eigenvalue weighted by Gasteiger charge is 2.13. The molecule has 0 aromatic carbocycles. The standard InChI is InChI=1S/C12H12N4O2S/c1-2-10-14-12(16-15-10)19-9(11(17)18)6-8-4-3-5-13-7-8/h3-7H,2H2,1H3,(H,17,18)(H,14,15,16)/b9-6-. The molecular weight excluding hydrogens is 264 g/mol. The van der Waals surface area contributed by atoms with E-state index in [1.165, 1.54) is 0 Å². The number of aryl methyl sites for hydroxylation is 1. The highest BCUT2D eigenvalue weighted by Crippen LogP contribution is 2.25. The molecule has 0 fully saturated rings. The van der Waals surface area contributed by atoms with Gasteiger partial charge < -0.3 is 5.11 Å². The molecule has 2 heterocycles. The van der Waals surface area contributed by atoms with E-state index in [9.17, 15) is 9.90 Å². The molecule has 19 heavy (non-hydrogen) atoms. The summed E-state index contributed by atoms with van der Waals surface area (Å²) in [6.45, 7) is 1.94. The second-order valence-electron chi connectivity index (χ2n) is 3.62. The lowest BCUT2D eigenvalue weighted by atomic mass is 10.2. The molecule has 0 spiro atoms. The van der Waals surface area contributed by atoms with Crippen molar-refractivity contribution >= 4 is 23.8 Å². The van der Waals surface area contributed by atoms with E-state index in [0.717, 1.165) is 29.6 Å². The van der Waals surface area contributed by atoms with Gasteiger partial charge in [-0.3, -0.25) is 10.1 Å². The highest BCUT2D eigenvalue weighted by molar-refractivity contribution is 8.04. The number of carboxylic acids is 1. The summed E-state index contributed by atoms with van der Waals surface area (Å²) in [6, 6.07) is 3.53. The van der Waals surface area contributed by atoms with Gasteiger partial charge in [-0.25, -0.2) is 9.78 Å². The molecule has 2 aromatic rings. The van der Waals surface area contributed by atoms with Gasteiger partial charge in [0.05, 0.1) is 0 Å². The second kappa shape index (κ2) is 6.14. The number of carboxylic acid groups (broad SMARTS) is 1. The van der Waals surface area contributed by atoms with Crippen molar-refractivity contribution in [3.63, 3.8) is 0 Å². The van der Waals surface area contributed by atoms with Crippen molar-refractivity contribution in [1.82, 2.24) is 20.2 Å². The van der Waals surface area contributed by atoms with Crippen LogP contribution in [0.1, 0.15) is 18.3 Å². The molecule has 7 heteroatoms. The topological polar surface area (TPSA) is 91.8 Å². The van der Waals surface area contributed by atoms with Crippen LogP contribution in [0.25, 0.3) is 6.08 Å². The minimum absolute atomic E-state index is 0.148. The number of hydrogen-bond donors (Lipinski definition) is 2. The van der Waals surface area contributed by atoms with E-state index in [2.05, 4.69) is 20.2 Å². The minimum Gasteiger partial charge on any atom is -0.477 e. The van der Waals surface area contributed by atoms with Crippen molar-refractivity contribution in [3.8, 4) is 0 Å². The fourth-order valence-electron chi connectivity index (χ4n) is 1.33. The first kappa shape index (κ1) is 13.3. The molecule has 2 aromatic heterocycles. The fraction of sp³-hybridized carbons (Fsp3) is 0.167. The first-order valence-electron chi connectivity index (χ1n) is 5.63. The van der Waals surface area contributed by atoms with Crippen LogP contribution in [0.4, 0.5) is 0 Å². The summed E-state index contributed by atoms with van der Waals surface area (Å²) in [5.74, 6) is -0.287. The van der Waals surface area contributed by atoms with E-state index in [4.69, 9.17) is 0 Å². The zero-order chi connectivity index (χ0) is 13.7. The van der Waals surface area contributed by atoms with Crippen LogP contribution in [-0.4, -0.2) is 31.2 Å². The zero-order valence-electron chi connectivity index (χ0n) is 10.2. The van der Waals surface area contributed by atoms with Gasteiger partial charge in [-0.05, 0) is 29.5 Å².